The Morgan fingerprint density at radius 2 is 1.11 bits per heavy atom. The molecule has 3 heterocycles. The smallest absolute Gasteiger partial charge is 0.0973 e. The van der Waals surface area contributed by atoms with E-state index in [4.69, 9.17) is 9.97 Å². The van der Waals surface area contributed by atoms with Crippen LogP contribution in [-0.2, 0) is 0 Å². The second kappa shape index (κ2) is 9.39. The summed E-state index contributed by atoms with van der Waals surface area (Å²) in [5.74, 6) is 0. The first-order valence-corrected chi connectivity index (χ1v) is 15.9. The molecule has 3 aromatic heterocycles. The zero-order chi connectivity index (χ0) is 29.5. The molecule has 9 aromatic rings. The highest BCUT2D eigenvalue weighted by Gasteiger charge is 2.24. The molecule has 0 saturated carbocycles. The van der Waals surface area contributed by atoms with Crippen molar-refractivity contribution in [3.8, 4) is 55.9 Å². The van der Waals surface area contributed by atoms with Crippen molar-refractivity contribution in [2.24, 2.45) is 0 Å². The number of aromatic nitrogens is 3. The molecular weight excluding hydrogens is 567 g/mol. The Morgan fingerprint density at radius 1 is 0.422 bits per heavy atom. The molecule has 45 heavy (non-hydrogen) atoms. The van der Waals surface area contributed by atoms with Gasteiger partial charge in [-0.2, -0.15) is 0 Å². The van der Waals surface area contributed by atoms with Crippen molar-refractivity contribution in [2.75, 3.05) is 0 Å². The minimum absolute atomic E-state index is 0.896. The van der Waals surface area contributed by atoms with E-state index in [1.807, 2.05) is 54.1 Å². The molecular formula is C41H23N3S. The number of pyridine rings is 1. The Kier molecular flexibility index (Phi) is 5.16. The lowest BCUT2D eigenvalue weighted by Crippen LogP contribution is -1.95. The van der Waals surface area contributed by atoms with Crippen LogP contribution in [0, 0.1) is 0 Å². The Labute approximate surface area is 263 Å². The number of benzene rings is 6. The van der Waals surface area contributed by atoms with Crippen molar-refractivity contribution in [1.29, 1.82) is 0 Å². The van der Waals surface area contributed by atoms with E-state index < -0.39 is 0 Å². The van der Waals surface area contributed by atoms with Crippen molar-refractivity contribution in [3.05, 3.63) is 140 Å². The van der Waals surface area contributed by atoms with Gasteiger partial charge < -0.3 is 0 Å². The van der Waals surface area contributed by atoms with Gasteiger partial charge in [-0.05, 0) is 75.0 Å². The number of thiophene rings is 1. The van der Waals surface area contributed by atoms with Gasteiger partial charge >= 0.3 is 0 Å². The summed E-state index contributed by atoms with van der Waals surface area (Å²) < 4.78 is 2.55. The molecule has 0 radical (unpaired) electrons. The summed E-state index contributed by atoms with van der Waals surface area (Å²) in [6.07, 6.45) is 3.92. The summed E-state index contributed by atoms with van der Waals surface area (Å²) in [7, 11) is 0. The maximum Gasteiger partial charge on any atom is 0.0973 e. The highest BCUT2D eigenvalue weighted by atomic mass is 32.1. The number of hydrogen-bond donors (Lipinski definition) is 0. The first-order valence-electron chi connectivity index (χ1n) is 15.1. The third kappa shape index (κ3) is 3.60. The standard InChI is InChI=1S/C41H23N3S/c1-2-9-24(10-3-1)40-41(44-35-16-7-6-15-34(35)43-40)25-17-18-36-32(21-25)39-30-14-8-13-29-28-19-20-42-23-33(28)27-12-5-4-11-26(27)31(38(29)30)22-37(39)45-36/h1-23H. The molecule has 0 amide bonds. The molecule has 0 bridgehead atoms. The maximum absolute atomic E-state index is 5.20. The summed E-state index contributed by atoms with van der Waals surface area (Å²) >= 11 is 1.86. The molecule has 0 atom stereocenters. The lowest BCUT2D eigenvalue weighted by atomic mass is 9.91. The number of fused-ring (bicyclic) bond motifs is 10. The predicted octanol–water partition coefficient (Wildman–Crippen LogP) is 11.2. The number of hydrogen-bond acceptors (Lipinski definition) is 4. The van der Waals surface area contributed by atoms with Gasteiger partial charge in [-0.3, -0.25) is 4.98 Å². The van der Waals surface area contributed by atoms with E-state index >= 15 is 0 Å². The van der Waals surface area contributed by atoms with Crippen molar-refractivity contribution < 1.29 is 0 Å². The Hall–Kier alpha value is -5.71. The highest BCUT2D eigenvalue weighted by Crippen LogP contribution is 2.51. The van der Waals surface area contributed by atoms with Gasteiger partial charge in [0.15, 0.2) is 0 Å². The van der Waals surface area contributed by atoms with Crippen LogP contribution in [0.5, 0.6) is 0 Å². The van der Waals surface area contributed by atoms with Gasteiger partial charge in [-0.1, -0.05) is 91.0 Å². The lowest BCUT2D eigenvalue weighted by Gasteiger charge is -2.13. The zero-order valence-corrected chi connectivity index (χ0v) is 24.8. The fourth-order valence-corrected chi connectivity index (χ4v) is 8.27. The van der Waals surface area contributed by atoms with E-state index in [1.54, 1.807) is 0 Å². The van der Waals surface area contributed by atoms with Crippen molar-refractivity contribution in [3.63, 3.8) is 0 Å². The van der Waals surface area contributed by atoms with E-state index in [1.165, 1.54) is 64.3 Å². The molecule has 10 rings (SSSR count). The van der Waals surface area contributed by atoms with Gasteiger partial charge in [0.05, 0.1) is 22.4 Å². The lowest BCUT2D eigenvalue weighted by molar-refractivity contribution is 1.29. The second-order valence-electron chi connectivity index (χ2n) is 11.6. The predicted molar refractivity (Wildman–Crippen MR) is 188 cm³/mol. The zero-order valence-electron chi connectivity index (χ0n) is 24.0. The van der Waals surface area contributed by atoms with Crippen molar-refractivity contribution >= 4 is 53.3 Å². The summed E-state index contributed by atoms with van der Waals surface area (Å²) in [4.78, 5) is 14.9. The minimum atomic E-state index is 0.896. The first-order chi connectivity index (χ1) is 22.3. The van der Waals surface area contributed by atoms with Gasteiger partial charge in [0.1, 0.15) is 0 Å². The first kappa shape index (κ1) is 24.7. The largest absolute Gasteiger partial charge is 0.264 e. The van der Waals surface area contributed by atoms with Crippen LogP contribution in [0.2, 0.25) is 0 Å². The average molecular weight is 590 g/mol. The van der Waals surface area contributed by atoms with Crippen LogP contribution >= 0.6 is 11.3 Å². The van der Waals surface area contributed by atoms with Crippen LogP contribution in [0.3, 0.4) is 0 Å². The highest BCUT2D eigenvalue weighted by molar-refractivity contribution is 7.26. The summed E-state index contributed by atoms with van der Waals surface area (Å²) in [5.41, 5.74) is 13.1. The van der Waals surface area contributed by atoms with Gasteiger partial charge in [-0.25, -0.2) is 9.97 Å². The third-order valence-corrected chi connectivity index (χ3v) is 10.2. The monoisotopic (exact) mass is 589 g/mol. The molecule has 0 saturated heterocycles. The van der Waals surface area contributed by atoms with Crippen molar-refractivity contribution in [2.45, 2.75) is 0 Å². The van der Waals surface area contributed by atoms with Gasteiger partial charge in [-0.15, -0.1) is 11.3 Å². The second-order valence-corrected chi connectivity index (χ2v) is 12.7. The van der Waals surface area contributed by atoms with Gasteiger partial charge in [0.2, 0.25) is 0 Å². The van der Waals surface area contributed by atoms with Crippen LogP contribution in [-0.4, -0.2) is 15.0 Å². The Morgan fingerprint density at radius 3 is 1.93 bits per heavy atom. The molecule has 1 aliphatic rings. The third-order valence-electron chi connectivity index (χ3n) is 9.10. The number of nitrogens with zero attached hydrogens (tertiary/aromatic N) is 3. The van der Waals surface area contributed by atoms with Gasteiger partial charge in [0.25, 0.3) is 0 Å². The SMILES string of the molecule is c1ccc(-c2nc3ccccc3nc2-c2ccc3sc4cc5c6c(cccc6c4c3c2)-c2ccncc2-c2ccccc2-5)cc1. The fourth-order valence-electron chi connectivity index (χ4n) is 7.13. The molecule has 0 N–H and O–H groups in total. The topological polar surface area (TPSA) is 38.7 Å². The molecule has 4 heteroatoms. The van der Waals surface area contributed by atoms with Crippen LogP contribution in [0.1, 0.15) is 0 Å². The van der Waals surface area contributed by atoms with E-state index in [-0.39, 0.29) is 0 Å². The van der Waals surface area contributed by atoms with E-state index in [2.05, 4.69) is 102 Å². The van der Waals surface area contributed by atoms with Crippen LogP contribution < -0.4 is 0 Å². The van der Waals surface area contributed by atoms with Crippen LogP contribution in [0.15, 0.2) is 140 Å². The molecule has 6 aromatic carbocycles. The fraction of sp³-hybridized carbons (Fsp3) is 0. The molecule has 0 aliphatic heterocycles. The molecule has 1 aliphatic carbocycles. The molecule has 0 unspecified atom stereocenters. The van der Waals surface area contributed by atoms with Crippen molar-refractivity contribution in [1.82, 2.24) is 15.0 Å². The quantitative estimate of drug-likeness (QED) is 0.201. The molecule has 3 nitrogen and oxygen atoms in total. The number of para-hydroxylation sites is 2. The Balaban J connectivity index is 1.30. The van der Waals surface area contributed by atoms with Crippen LogP contribution in [0.25, 0.3) is 97.9 Å². The number of rotatable bonds is 2. The van der Waals surface area contributed by atoms with E-state index in [0.717, 1.165) is 33.5 Å². The summed E-state index contributed by atoms with van der Waals surface area (Å²) in [6, 6.07) is 45.4. The van der Waals surface area contributed by atoms with Gasteiger partial charge in [0, 0.05) is 49.3 Å². The summed E-state index contributed by atoms with van der Waals surface area (Å²) in [5, 5.41) is 5.11. The van der Waals surface area contributed by atoms with Crippen LogP contribution in [0.4, 0.5) is 0 Å². The minimum Gasteiger partial charge on any atom is -0.264 e. The molecule has 0 fully saturated rings. The molecule has 0 spiro atoms. The normalized spacial score (nSPS) is 12.0. The van der Waals surface area contributed by atoms with E-state index in [0.29, 0.717) is 0 Å². The molecule has 208 valence electrons. The maximum atomic E-state index is 5.20. The Bertz CT molecular complexity index is 2650. The van der Waals surface area contributed by atoms with E-state index in [9.17, 15) is 0 Å². The summed E-state index contributed by atoms with van der Waals surface area (Å²) in [6.45, 7) is 0. The average Bonchev–Trinajstić information content (AvgIpc) is 3.43.